The monoisotopic (exact) mass is 405 g/mol. The van der Waals surface area contributed by atoms with E-state index in [0.717, 1.165) is 31.5 Å². The number of carbonyl (C=O) groups excluding carboxylic acids is 2. The van der Waals surface area contributed by atoms with E-state index in [-0.39, 0.29) is 18.9 Å². The largest absolute Gasteiger partial charge is 0.454 e. The van der Waals surface area contributed by atoms with Gasteiger partial charge in [-0.25, -0.2) is 0 Å². The molecule has 2 saturated heterocycles. The Balaban J connectivity index is 1.37. The van der Waals surface area contributed by atoms with Crippen LogP contribution in [0.5, 0.6) is 11.5 Å². The van der Waals surface area contributed by atoms with Crippen molar-refractivity contribution in [2.75, 3.05) is 52.8 Å². The van der Waals surface area contributed by atoms with Crippen molar-refractivity contribution in [1.82, 2.24) is 15.5 Å². The summed E-state index contributed by atoms with van der Waals surface area (Å²) in [5.74, 6) is 0.141. The van der Waals surface area contributed by atoms with Gasteiger partial charge in [0.25, 0.3) is 0 Å². The molecule has 158 valence electrons. The molecule has 0 bridgehead atoms. The standard InChI is InChI=1S/C20H27N3O6/c24-19(21-11-15-2-1-7-27-15)20(25)22-12-16(23-5-8-26-9-6-23)14-3-4-17-18(10-14)29-13-28-17/h3-4,10,15-16H,1-2,5-9,11-13H2,(H,21,24)(H,22,25)/t15-,16-/m0/s1. The molecule has 3 aliphatic rings. The van der Waals surface area contributed by atoms with E-state index in [1.54, 1.807) is 0 Å². The highest BCUT2D eigenvalue weighted by atomic mass is 16.7. The van der Waals surface area contributed by atoms with Gasteiger partial charge in [-0.1, -0.05) is 6.07 Å². The first-order valence-electron chi connectivity index (χ1n) is 10.1. The van der Waals surface area contributed by atoms with E-state index in [1.165, 1.54) is 0 Å². The van der Waals surface area contributed by atoms with Gasteiger partial charge in [-0.05, 0) is 30.5 Å². The minimum absolute atomic E-state index is 0.00137. The molecule has 3 heterocycles. The number of ether oxygens (including phenoxy) is 4. The van der Waals surface area contributed by atoms with E-state index in [2.05, 4.69) is 15.5 Å². The van der Waals surface area contributed by atoms with Crippen LogP contribution in [0, 0.1) is 0 Å². The maximum atomic E-state index is 12.3. The number of amides is 2. The Bertz CT molecular complexity index is 731. The number of carbonyl (C=O) groups is 2. The average molecular weight is 405 g/mol. The third kappa shape index (κ3) is 4.98. The lowest BCUT2D eigenvalue weighted by Gasteiger charge is -2.35. The molecule has 9 heteroatoms. The van der Waals surface area contributed by atoms with E-state index in [9.17, 15) is 9.59 Å². The highest BCUT2D eigenvalue weighted by molar-refractivity contribution is 6.35. The molecule has 0 unspecified atom stereocenters. The van der Waals surface area contributed by atoms with Crippen LogP contribution < -0.4 is 20.1 Å². The van der Waals surface area contributed by atoms with Crippen molar-refractivity contribution in [3.63, 3.8) is 0 Å². The number of hydrogen-bond acceptors (Lipinski definition) is 7. The summed E-state index contributed by atoms with van der Waals surface area (Å²) in [5.41, 5.74) is 0.996. The molecule has 4 rings (SSSR count). The van der Waals surface area contributed by atoms with Crippen molar-refractivity contribution in [1.29, 1.82) is 0 Å². The molecule has 0 aromatic heterocycles. The van der Waals surface area contributed by atoms with Crippen LogP contribution in [0.15, 0.2) is 18.2 Å². The van der Waals surface area contributed by atoms with Crippen LogP contribution in [0.25, 0.3) is 0 Å². The molecule has 29 heavy (non-hydrogen) atoms. The molecule has 2 atom stereocenters. The molecule has 0 spiro atoms. The number of nitrogens with one attached hydrogen (secondary N) is 2. The Morgan fingerprint density at radius 3 is 2.66 bits per heavy atom. The molecule has 1 aromatic carbocycles. The van der Waals surface area contributed by atoms with Gasteiger partial charge in [-0.15, -0.1) is 0 Å². The first-order valence-corrected chi connectivity index (χ1v) is 10.1. The summed E-state index contributed by atoms with van der Waals surface area (Å²) in [5, 5.41) is 5.43. The SMILES string of the molecule is O=C(NC[C@@H]1CCCO1)C(=O)NC[C@@H](c1ccc2c(c1)OCO2)N1CCOCC1. The number of hydrogen-bond donors (Lipinski definition) is 2. The van der Waals surface area contributed by atoms with Crippen molar-refractivity contribution in [3.8, 4) is 11.5 Å². The number of fused-ring (bicyclic) bond motifs is 1. The lowest BCUT2D eigenvalue weighted by Crippen LogP contribution is -2.47. The normalized spacial score (nSPS) is 22.3. The fourth-order valence-corrected chi connectivity index (χ4v) is 3.83. The maximum Gasteiger partial charge on any atom is 0.309 e. The van der Waals surface area contributed by atoms with Gasteiger partial charge in [0.05, 0.1) is 25.4 Å². The highest BCUT2D eigenvalue weighted by Gasteiger charge is 2.27. The van der Waals surface area contributed by atoms with Crippen molar-refractivity contribution in [2.45, 2.75) is 25.0 Å². The summed E-state index contributed by atoms with van der Waals surface area (Å²) in [6.45, 7) is 4.37. The van der Waals surface area contributed by atoms with E-state index in [0.29, 0.717) is 44.4 Å². The van der Waals surface area contributed by atoms with Crippen LogP contribution >= 0.6 is 0 Å². The Morgan fingerprint density at radius 1 is 1.07 bits per heavy atom. The van der Waals surface area contributed by atoms with Crippen molar-refractivity contribution in [2.24, 2.45) is 0 Å². The molecule has 2 N–H and O–H groups in total. The van der Waals surface area contributed by atoms with Gasteiger partial charge in [0.1, 0.15) is 0 Å². The van der Waals surface area contributed by atoms with Gasteiger partial charge in [0, 0.05) is 32.8 Å². The van der Waals surface area contributed by atoms with E-state index >= 15 is 0 Å². The second-order valence-corrected chi connectivity index (χ2v) is 7.33. The topological polar surface area (TPSA) is 98.4 Å². The molecular weight excluding hydrogens is 378 g/mol. The summed E-state index contributed by atoms with van der Waals surface area (Å²) in [6, 6.07) is 5.69. The van der Waals surface area contributed by atoms with E-state index in [1.807, 2.05) is 18.2 Å². The quantitative estimate of drug-likeness (QED) is 0.653. The molecule has 0 radical (unpaired) electrons. The van der Waals surface area contributed by atoms with Crippen molar-refractivity contribution in [3.05, 3.63) is 23.8 Å². The van der Waals surface area contributed by atoms with Crippen LogP contribution in [0.1, 0.15) is 24.4 Å². The number of nitrogens with zero attached hydrogens (tertiary/aromatic N) is 1. The fraction of sp³-hybridized carbons (Fsp3) is 0.600. The molecule has 2 fully saturated rings. The van der Waals surface area contributed by atoms with Crippen LogP contribution in [-0.2, 0) is 19.1 Å². The van der Waals surface area contributed by atoms with Gasteiger partial charge in [-0.2, -0.15) is 0 Å². The minimum atomic E-state index is -0.637. The zero-order valence-electron chi connectivity index (χ0n) is 16.4. The third-order valence-corrected chi connectivity index (χ3v) is 5.44. The van der Waals surface area contributed by atoms with Crippen LogP contribution in [0.3, 0.4) is 0 Å². The molecular formula is C20H27N3O6. The van der Waals surface area contributed by atoms with Crippen LogP contribution in [0.2, 0.25) is 0 Å². The molecule has 3 aliphatic heterocycles. The molecule has 2 amide bonds. The van der Waals surface area contributed by atoms with Crippen molar-refractivity contribution < 1.29 is 28.5 Å². The Hall–Kier alpha value is -2.36. The first kappa shape index (κ1) is 19.9. The smallest absolute Gasteiger partial charge is 0.309 e. The number of rotatable bonds is 6. The predicted molar refractivity (Wildman–Crippen MR) is 103 cm³/mol. The number of morpholine rings is 1. The Kier molecular flexibility index (Phi) is 6.48. The first-order chi connectivity index (χ1) is 14.2. The third-order valence-electron chi connectivity index (χ3n) is 5.44. The van der Waals surface area contributed by atoms with E-state index < -0.39 is 11.8 Å². The molecule has 0 aliphatic carbocycles. The molecule has 0 saturated carbocycles. The predicted octanol–water partition coefficient (Wildman–Crippen LogP) is 0.200. The summed E-state index contributed by atoms with van der Waals surface area (Å²) in [4.78, 5) is 26.7. The summed E-state index contributed by atoms with van der Waals surface area (Å²) in [6.07, 6.45) is 1.90. The fourth-order valence-electron chi connectivity index (χ4n) is 3.83. The Labute approximate surface area is 169 Å². The zero-order valence-corrected chi connectivity index (χ0v) is 16.4. The number of benzene rings is 1. The second-order valence-electron chi connectivity index (χ2n) is 7.33. The molecule has 1 aromatic rings. The second kappa shape index (κ2) is 9.43. The molecule has 9 nitrogen and oxygen atoms in total. The maximum absolute atomic E-state index is 12.3. The lowest BCUT2D eigenvalue weighted by molar-refractivity contribution is -0.139. The minimum Gasteiger partial charge on any atom is -0.454 e. The zero-order chi connectivity index (χ0) is 20.1. The van der Waals surface area contributed by atoms with E-state index in [4.69, 9.17) is 18.9 Å². The van der Waals surface area contributed by atoms with Crippen LogP contribution in [0.4, 0.5) is 0 Å². The lowest BCUT2D eigenvalue weighted by atomic mass is 10.0. The van der Waals surface area contributed by atoms with Gasteiger partial charge in [-0.3, -0.25) is 14.5 Å². The summed E-state index contributed by atoms with van der Waals surface area (Å²) < 4.78 is 21.8. The summed E-state index contributed by atoms with van der Waals surface area (Å²) >= 11 is 0. The Morgan fingerprint density at radius 2 is 1.86 bits per heavy atom. The van der Waals surface area contributed by atoms with Crippen LogP contribution in [-0.4, -0.2) is 75.6 Å². The van der Waals surface area contributed by atoms with Crippen molar-refractivity contribution >= 4 is 11.8 Å². The van der Waals surface area contributed by atoms with Gasteiger partial charge < -0.3 is 29.6 Å². The van der Waals surface area contributed by atoms with Gasteiger partial charge >= 0.3 is 11.8 Å². The van der Waals surface area contributed by atoms with Gasteiger partial charge in [0.2, 0.25) is 6.79 Å². The summed E-state index contributed by atoms with van der Waals surface area (Å²) in [7, 11) is 0. The average Bonchev–Trinajstić information content (AvgIpc) is 3.44. The highest BCUT2D eigenvalue weighted by Crippen LogP contribution is 2.35. The van der Waals surface area contributed by atoms with Gasteiger partial charge in [0.15, 0.2) is 11.5 Å².